The molecule has 0 aliphatic rings. The van der Waals surface area contributed by atoms with E-state index in [0.717, 1.165) is 11.3 Å². The first kappa shape index (κ1) is 7.86. The lowest BCUT2D eigenvalue weighted by atomic mass is 10.2. The van der Waals surface area contributed by atoms with Gasteiger partial charge < -0.3 is 5.73 Å². The van der Waals surface area contributed by atoms with Gasteiger partial charge in [-0.05, 0) is 18.6 Å². The molecule has 0 saturated carbocycles. The Morgan fingerprint density at radius 2 is 2.00 bits per heavy atom. The summed E-state index contributed by atoms with van der Waals surface area (Å²) in [5.74, 6) is 0.661. The molecule has 2 rings (SSSR count). The van der Waals surface area contributed by atoms with Gasteiger partial charge in [-0.2, -0.15) is 5.10 Å². The molecule has 0 aliphatic carbocycles. The van der Waals surface area contributed by atoms with Gasteiger partial charge in [0.05, 0.1) is 11.9 Å². The van der Waals surface area contributed by atoms with Crippen molar-refractivity contribution in [2.45, 2.75) is 6.92 Å². The fourth-order valence-electron chi connectivity index (χ4n) is 1.32. The summed E-state index contributed by atoms with van der Waals surface area (Å²) in [6.07, 6.45) is 1.70. The summed E-state index contributed by atoms with van der Waals surface area (Å²) in [7, 11) is 0. The molecule has 0 radical (unpaired) electrons. The van der Waals surface area contributed by atoms with Crippen molar-refractivity contribution in [3.8, 4) is 5.69 Å². The minimum atomic E-state index is 0.661. The summed E-state index contributed by atoms with van der Waals surface area (Å²) in [5, 5.41) is 4.14. The number of rotatable bonds is 1. The molecule has 1 aromatic carbocycles. The van der Waals surface area contributed by atoms with E-state index < -0.39 is 0 Å². The summed E-state index contributed by atoms with van der Waals surface area (Å²) in [6.45, 7) is 2.04. The van der Waals surface area contributed by atoms with E-state index in [2.05, 4.69) is 5.10 Å². The zero-order chi connectivity index (χ0) is 9.26. The Kier molecular flexibility index (Phi) is 1.77. The van der Waals surface area contributed by atoms with Crippen molar-refractivity contribution in [1.29, 1.82) is 0 Å². The number of hydrogen-bond donors (Lipinski definition) is 1. The first-order valence-corrected chi connectivity index (χ1v) is 4.14. The Morgan fingerprint density at radius 1 is 1.23 bits per heavy atom. The van der Waals surface area contributed by atoms with Crippen LogP contribution in [0.25, 0.3) is 5.69 Å². The second-order valence-corrected chi connectivity index (χ2v) is 2.95. The van der Waals surface area contributed by atoms with Gasteiger partial charge in [0.25, 0.3) is 0 Å². The summed E-state index contributed by atoms with van der Waals surface area (Å²) in [6, 6.07) is 9.80. The third-order valence-corrected chi connectivity index (χ3v) is 2.02. The first-order valence-electron chi connectivity index (χ1n) is 4.14. The Labute approximate surface area is 76.8 Å². The molecule has 0 saturated heterocycles. The molecule has 0 bridgehead atoms. The lowest BCUT2D eigenvalue weighted by molar-refractivity contribution is 0.883. The molecule has 1 aromatic heterocycles. The van der Waals surface area contributed by atoms with E-state index in [1.165, 1.54) is 0 Å². The number of aromatic nitrogens is 2. The van der Waals surface area contributed by atoms with Gasteiger partial charge in [-0.25, -0.2) is 4.68 Å². The molecular weight excluding hydrogens is 162 g/mol. The van der Waals surface area contributed by atoms with Crippen LogP contribution in [0.4, 0.5) is 5.82 Å². The molecule has 3 nitrogen and oxygen atoms in total. The van der Waals surface area contributed by atoms with Crippen molar-refractivity contribution < 1.29 is 0 Å². The van der Waals surface area contributed by atoms with Gasteiger partial charge in [-0.3, -0.25) is 0 Å². The SMILES string of the molecule is Cc1ccccc1-n1nccc1N. The highest BCUT2D eigenvalue weighted by Crippen LogP contribution is 2.15. The molecule has 0 atom stereocenters. The highest BCUT2D eigenvalue weighted by Gasteiger charge is 2.02. The van der Waals surface area contributed by atoms with Crippen LogP contribution in [0.1, 0.15) is 5.56 Å². The molecule has 13 heavy (non-hydrogen) atoms. The second-order valence-electron chi connectivity index (χ2n) is 2.95. The topological polar surface area (TPSA) is 43.8 Å². The van der Waals surface area contributed by atoms with E-state index in [-0.39, 0.29) is 0 Å². The third-order valence-electron chi connectivity index (χ3n) is 2.02. The van der Waals surface area contributed by atoms with Crippen molar-refractivity contribution in [3.05, 3.63) is 42.1 Å². The highest BCUT2D eigenvalue weighted by molar-refractivity contribution is 5.45. The van der Waals surface area contributed by atoms with Gasteiger partial charge in [0, 0.05) is 6.07 Å². The number of nitrogens with zero attached hydrogens (tertiary/aromatic N) is 2. The van der Waals surface area contributed by atoms with Gasteiger partial charge >= 0.3 is 0 Å². The van der Waals surface area contributed by atoms with E-state index in [1.54, 1.807) is 16.9 Å². The number of anilines is 1. The molecular formula is C10H11N3. The fourth-order valence-corrected chi connectivity index (χ4v) is 1.32. The zero-order valence-electron chi connectivity index (χ0n) is 7.44. The van der Waals surface area contributed by atoms with Crippen molar-refractivity contribution >= 4 is 5.82 Å². The number of aryl methyl sites for hydroxylation is 1. The first-order chi connectivity index (χ1) is 6.29. The van der Waals surface area contributed by atoms with E-state index in [1.807, 2.05) is 31.2 Å². The summed E-state index contributed by atoms with van der Waals surface area (Å²) in [4.78, 5) is 0. The zero-order valence-corrected chi connectivity index (χ0v) is 7.44. The Hall–Kier alpha value is -1.77. The van der Waals surface area contributed by atoms with Crippen LogP contribution in [-0.2, 0) is 0 Å². The van der Waals surface area contributed by atoms with Crippen LogP contribution in [0.15, 0.2) is 36.5 Å². The molecule has 0 aliphatic heterocycles. The van der Waals surface area contributed by atoms with Crippen LogP contribution in [0.3, 0.4) is 0 Å². The number of benzene rings is 1. The maximum atomic E-state index is 5.74. The van der Waals surface area contributed by atoms with Crippen LogP contribution in [0.2, 0.25) is 0 Å². The average molecular weight is 173 g/mol. The van der Waals surface area contributed by atoms with E-state index in [0.29, 0.717) is 5.82 Å². The second kappa shape index (κ2) is 2.94. The van der Waals surface area contributed by atoms with Crippen molar-refractivity contribution in [2.24, 2.45) is 0 Å². The molecule has 0 fully saturated rings. The van der Waals surface area contributed by atoms with E-state index in [4.69, 9.17) is 5.73 Å². The maximum absolute atomic E-state index is 5.74. The third kappa shape index (κ3) is 1.28. The normalized spacial score (nSPS) is 10.2. The van der Waals surface area contributed by atoms with E-state index >= 15 is 0 Å². The van der Waals surface area contributed by atoms with Gasteiger partial charge in [-0.15, -0.1) is 0 Å². The lowest BCUT2D eigenvalue weighted by Gasteiger charge is -2.06. The largest absolute Gasteiger partial charge is 0.384 e. The smallest absolute Gasteiger partial charge is 0.127 e. The molecule has 66 valence electrons. The molecule has 1 heterocycles. The number of para-hydroxylation sites is 1. The van der Waals surface area contributed by atoms with Gasteiger partial charge in [-0.1, -0.05) is 18.2 Å². The predicted molar refractivity (Wildman–Crippen MR) is 52.7 cm³/mol. The maximum Gasteiger partial charge on any atom is 0.127 e. The van der Waals surface area contributed by atoms with Crippen LogP contribution in [0.5, 0.6) is 0 Å². The van der Waals surface area contributed by atoms with Crippen molar-refractivity contribution in [3.63, 3.8) is 0 Å². The predicted octanol–water partition coefficient (Wildman–Crippen LogP) is 1.76. The van der Waals surface area contributed by atoms with E-state index in [9.17, 15) is 0 Å². The summed E-state index contributed by atoms with van der Waals surface area (Å²) < 4.78 is 1.73. The summed E-state index contributed by atoms with van der Waals surface area (Å²) >= 11 is 0. The van der Waals surface area contributed by atoms with Crippen LogP contribution >= 0.6 is 0 Å². The van der Waals surface area contributed by atoms with Crippen molar-refractivity contribution in [2.75, 3.05) is 5.73 Å². The minimum absolute atomic E-state index is 0.661. The quantitative estimate of drug-likeness (QED) is 0.714. The van der Waals surface area contributed by atoms with Gasteiger partial charge in [0.2, 0.25) is 0 Å². The number of nitrogens with two attached hydrogens (primary N) is 1. The Balaban J connectivity index is 2.59. The van der Waals surface area contributed by atoms with Crippen LogP contribution in [0, 0.1) is 6.92 Å². The minimum Gasteiger partial charge on any atom is -0.384 e. The monoisotopic (exact) mass is 173 g/mol. The molecule has 0 amide bonds. The number of hydrogen-bond acceptors (Lipinski definition) is 2. The lowest BCUT2D eigenvalue weighted by Crippen LogP contribution is -2.02. The average Bonchev–Trinajstić information content (AvgIpc) is 2.52. The molecule has 0 spiro atoms. The van der Waals surface area contributed by atoms with Crippen LogP contribution in [-0.4, -0.2) is 9.78 Å². The van der Waals surface area contributed by atoms with Gasteiger partial charge in [0.15, 0.2) is 0 Å². The standard InChI is InChI=1S/C10H11N3/c1-8-4-2-3-5-9(8)13-10(11)6-7-12-13/h2-7H,11H2,1H3. The number of nitrogen functional groups attached to an aromatic ring is 1. The molecule has 2 N–H and O–H groups in total. The molecule has 2 aromatic rings. The van der Waals surface area contributed by atoms with Gasteiger partial charge in [0.1, 0.15) is 5.82 Å². The molecule has 3 heteroatoms. The Bertz CT molecular complexity index is 418. The van der Waals surface area contributed by atoms with Crippen molar-refractivity contribution in [1.82, 2.24) is 9.78 Å². The fraction of sp³-hybridized carbons (Fsp3) is 0.100. The highest BCUT2D eigenvalue weighted by atomic mass is 15.3. The summed E-state index contributed by atoms with van der Waals surface area (Å²) in [5.41, 5.74) is 7.94. The molecule has 0 unspecified atom stereocenters. The Morgan fingerprint density at radius 3 is 2.62 bits per heavy atom. The van der Waals surface area contributed by atoms with Crippen LogP contribution < -0.4 is 5.73 Å².